The molecule has 6 aliphatic carbocycles. The van der Waals surface area contributed by atoms with Crippen molar-refractivity contribution in [2.24, 2.45) is 17.8 Å². The summed E-state index contributed by atoms with van der Waals surface area (Å²) in [5, 5.41) is 54.8. The topological polar surface area (TPSA) is 285 Å². The van der Waals surface area contributed by atoms with E-state index in [0.29, 0.717) is 57.4 Å². The van der Waals surface area contributed by atoms with Gasteiger partial charge in [-0.2, -0.15) is 15.3 Å². The standard InChI is InChI=1S/C24H31ClN2O3.C22H27ClN2O3.C17H26N2O3.C7H7ClO.C6H12N2O2.Li.H2O/c1-3-29-24(28)23-19-5-4-6-21(19)27(26-23)14-13-17-8-10-18(11-9-17)30-22-15-16(2)7-12-20(22)25;1-14-5-10-18(23)20(13-14)28-16-8-6-15(7-9-16)11-12-25-19-4-2-3-17(19)21(24-25)22(26)27;1-2-22-17(21)16-14-4-3-5-15(14)19(18-16)11-10-12-6-8-13(20)9-7-12;1-5-2-3-6(8)7(9)4-5;9-5-6(10)8-3-1-7-2-4-8;;/h7,12,15,17-18H,3-6,8-11,13-14H2,1-2H3;5,10,13,15-16H,2-4,6-9,11-12H2,1H3,(H,26,27);12-13,20H,2-11H2,1H3;2-4,9H,1H3;7,9H,1-5H2;;1H2/q;;;;;+1;/p-1. The number of piperazine rings is 1. The van der Waals surface area contributed by atoms with Crippen molar-refractivity contribution in [3.05, 3.63) is 137 Å². The van der Waals surface area contributed by atoms with Gasteiger partial charge in [0, 0.05) is 79.6 Å². The zero-order valence-corrected chi connectivity index (χ0v) is 62.2. The number of hydrogen-bond donors (Lipinski definition) is 5. The molecule has 1 saturated heterocycles. The molecule has 0 spiro atoms. The second-order valence-electron chi connectivity index (χ2n) is 27.5. The van der Waals surface area contributed by atoms with Crippen LogP contribution in [0.25, 0.3) is 0 Å². The summed E-state index contributed by atoms with van der Waals surface area (Å²) in [6, 6.07) is 17.0. The molecule has 7 aliphatic rings. The maximum Gasteiger partial charge on any atom is 1.00 e. The number of aliphatic hydroxyl groups excluding tert-OH is 2. The fraction of sp³-hybridized carbons (Fsp3) is 0.592. The van der Waals surface area contributed by atoms with Crippen molar-refractivity contribution < 1.29 is 82.9 Å². The van der Waals surface area contributed by atoms with E-state index >= 15 is 0 Å². The normalized spacial score (nSPS) is 20.2. The minimum Gasteiger partial charge on any atom is -0.870 e. The Morgan fingerprint density at radius 2 is 0.901 bits per heavy atom. The van der Waals surface area contributed by atoms with E-state index in [-0.39, 0.29) is 78.5 Å². The van der Waals surface area contributed by atoms with Gasteiger partial charge in [0.1, 0.15) is 23.9 Å². The van der Waals surface area contributed by atoms with E-state index in [4.69, 9.17) is 64.0 Å². The smallest absolute Gasteiger partial charge is 0.870 e. The van der Waals surface area contributed by atoms with Crippen LogP contribution in [0, 0.1) is 38.5 Å². The van der Waals surface area contributed by atoms with Gasteiger partial charge in [-0.3, -0.25) is 18.8 Å². The number of aromatic hydroxyl groups is 1. The molecule has 101 heavy (non-hydrogen) atoms. The first-order valence-electron chi connectivity index (χ1n) is 36.2. The fourth-order valence-electron chi connectivity index (χ4n) is 14.8. The molecule has 1 amide bonds. The Morgan fingerprint density at radius 3 is 1.27 bits per heavy atom. The van der Waals surface area contributed by atoms with Gasteiger partial charge in [0.25, 0.3) is 0 Å². The van der Waals surface area contributed by atoms with E-state index in [1.807, 2.05) is 79.5 Å². The van der Waals surface area contributed by atoms with Gasteiger partial charge >= 0.3 is 36.8 Å². The number of hydrogen-bond acceptors (Lipinski definition) is 16. The Balaban J connectivity index is 0.000000187. The van der Waals surface area contributed by atoms with Crippen LogP contribution in [-0.2, 0) is 72.4 Å². The summed E-state index contributed by atoms with van der Waals surface area (Å²) in [5.74, 6) is 2.12. The molecule has 0 radical (unpaired) electrons. The number of aromatic nitrogens is 6. The van der Waals surface area contributed by atoms with Crippen LogP contribution in [0.3, 0.4) is 0 Å². The van der Waals surface area contributed by atoms with Gasteiger partial charge in [0.15, 0.2) is 17.1 Å². The van der Waals surface area contributed by atoms with Gasteiger partial charge < -0.3 is 55.1 Å². The number of nitrogens with zero attached hydrogens (tertiary/aromatic N) is 7. The molecule has 13 rings (SSSR count). The van der Waals surface area contributed by atoms with Gasteiger partial charge in [-0.1, -0.05) is 53.0 Å². The minimum atomic E-state index is -0.899. The van der Waals surface area contributed by atoms with Gasteiger partial charge in [-0.25, -0.2) is 14.4 Å². The summed E-state index contributed by atoms with van der Waals surface area (Å²) in [4.78, 5) is 48.2. The van der Waals surface area contributed by atoms with Crippen molar-refractivity contribution in [2.45, 2.75) is 227 Å². The average molecular weight is 1450 g/mol. The monoisotopic (exact) mass is 1450 g/mol. The van der Waals surface area contributed by atoms with Gasteiger partial charge in [-0.05, 0) is 260 Å². The summed E-state index contributed by atoms with van der Waals surface area (Å²) >= 11 is 18.1. The first-order valence-corrected chi connectivity index (χ1v) is 37.3. The molecule has 548 valence electrons. The number of halogens is 3. The number of esters is 2. The maximum absolute atomic E-state index is 12.2. The second kappa shape index (κ2) is 40.8. The van der Waals surface area contributed by atoms with Crippen molar-refractivity contribution in [1.82, 2.24) is 39.6 Å². The fourth-order valence-corrected chi connectivity index (χ4v) is 15.2. The third kappa shape index (κ3) is 23.4. The third-order valence-electron chi connectivity index (χ3n) is 20.3. The molecule has 1 aliphatic heterocycles. The molecule has 3 aromatic heterocycles. The molecule has 3 saturated carbocycles. The number of benzene rings is 3. The zero-order chi connectivity index (χ0) is 70.5. The number of amides is 1. The number of aromatic carboxylic acids is 1. The van der Waals surface area contributed by atoms with Crippen molar-refractivity contribution in [3.8, 4) is 17.2 Å². The largest absolute Gasteiger partial charge is 1.00 e. The number of rotatable bonds is 19. The number of carboxylic acids is 1. The molecule has 4 fully saturated rings. The van der Waals surface area contributed by atoms with Crippen LogP contribution in [0.5, 0.6) is 17.2 Å². The molecule has 0 bridgehead atoms. The Hall–Kier alpha value is -6.12. The van der Waals surface area contributed by atoms with Crippen LogP contribution < -0.4 is 33.7 Å². The van der Waals surface area contributed by atoms with Crippen LogP contribution in [0.2, 0.25) is 15.1 Å². The van der Waals surface area contributed by atoms with Crippen LogP contribution >= 0.6 is 34.8 Å². The number of ether oxygens (including phenoxy) is 4. The molecule has 0 unspecified atom stereocenters. The SMILES string of the molecule is CCOC(=O)c1nn(CCC2CCC(O)CC2)c2c1CCC2.CCOC(=O)c1nn(CCC2CCC(Oc3cc(C)ccc3Cl)CC2)c2c1CCC2.Cc1ccc(Cl)c(O)c1.Cc1ccc(Cl)c(OC2CCC(CCn3nc(C(=O)O)c4c3CCC4)CC2)c1.O=C(CO)N1CCNCC1.[Li+].[OH-]. The van der Waals surface area contributed by atoms with E-state index in [1.165, 1.54) is 11.4 Å². The van der Waals surface area contributed by atoms with E-state index < -0.39 is 5.97 Å². The van der Waals surface area contributed by atoms with E-state index in [0.717, 1.165) is 250 Å². The number of phenolic OH excluding ortho intramolecular Hbond substituents is 1. The Morgan fingerprint density at radius 1 is 0.535 bits per heavy atom. The molecular weight excluding hydrogens is 1350 g/mol. The van der Waals surface area contributed by atoms with Crippen LogP contribution in [0.15, 0.2) is 54.6 Å². The van der Waals surface area contributed by atoms with Crippen LogP contribution in [0.1, 0.15) is 211 Å². The van der Waals surface area contributed by atoms with E-state index in [2.05, 4.69) is 32.2 Å². The summed E-state index contributed by atoms with van der Waals surface area (Å²) < 4.78 is 28.7. The van der Waals surface area contributed by atoms with Crippen LogP contribution in [-0.4, -0.2) is 148 Å². The van der Waals surface area contributed by atoms with Crippen LogP contribution in [0.4, 0.5) is 0 Å². The molecule has 6 N–H and O–H groups in total. The molecule has 21 nitrogen and oxygen atoms in total. The van der Waals surface area contributed by atoms with Crippen molar-refractivity contribution in [1.29, 1.82) is 0 Å². The van der Waals surface area contributed by atoms with Gasteiger partial charge in [0.2, 0.25) is 5.91 Å². The van der Waals surface area contributed by atoms with Gasteiger partial charge in [-0.15, -0.1) is 0 Å². The second-order valence-corrected chi connectivity index (χ2v) is 28.7. The van der Waals surface area contributed by atoms with E-state index in [1.54, 1.807) is 17.0 Å². The minimum absolute atomic E-state index is 0. The van der Waals surface area contributed by atoms with E-state index in [9.17, 15) is 29.4 Å². The summed E-state index contributed by atoms with van der Waals surface area (Å²) in [6.45, 7) is 15.8. The molecular formula is C76H104Cl3LiN8O13. The summed E-state index contributed by atoms with van der Waals surface area (Å²) in [7, 11) is 0. The molecule has 0 atom stereocenters. The Bertz CT molecular complexity index is 3640. The quantitative estimate of drug-likeness (QED) is 0.0372. The summed E-state index contributed by atoms with van der Waals surface area (Å²) in [6.07, 6.45) is 25.4. The average Bonchev–Trinajstić information content (AvgIpc) is 1.62. The van der Waals surface area contributed by atoms with Crippen molar-refractivity contribution >= 4 is 58.6 Å². The number of carbonyl (C=O) groups excluding carboxylic acids is 3. The number of aryl methyl sites for hydroxylation is 6. The number of nitrogens with one attached hydrogen (secondary N) is 1. The van der Waals surface area contributed by atoms with Crippen molar-refractivity contribution in [3.63, 3.8) is 0 Å². The number of phenols is 1. The first-order chi connectivity index (χ1) is 47.8. The molecule has 25 heteroatoms. The van der Waals surface area contributed by atoms with Crippen molar-refractivity contribution in [2.75, 3.05) is 46.0 Å². The maximum atomic E-state index is 12.2. The number of carboxylic acid groups (broad SMARTS) is 1. The third-order valence-corrected chi connectivity index (χ3v) is 21.2. The predicted octanol–water partition coefficient (Wildman–Crippen LogP) is 10.7. The zero-order valence-electron chi connectivity index (χ0n) is 60.0. The van der Waals surface area contributed by atoms with Gasteiger partial charge in [0.05, 0.1) is 46.6 Å². The first kappa shape index (κ1) is 82.2. The number of fused-ring (bicyclic) bond motifs is 3. The predicted molar refractivity (Wildman–Crippen MR) is 385 cm³/mol. The Kier molecular flexibility index (Phi) is 33.2. The number of carbonyl (C=O) groups is 4. The number of aliphatic hydroxyl groups is 2. The Labute approximate surface area is 622 Å². The summed E-state index contributed by atoms with van der Waals surface area (Å²) in [5.41, 5.74) is 11.5. The molecule has 6 aromatic rings. The molecule has 3 aromatic carbocycles. The molecule has 4 heterocycles.